The highest BCUT2D eigenvalue weighted by Crippen LogP contribution is 2.24. The lowest BCUT2D eigenvalue weighted by atomic mass is 10.1. The minimum absolute atomic E-state index is 0.0244. The molecule has 10 nitrogen and oxygen atoms in total. The molecule has 146 valence electrons. The van der Waals surface area contributed by atoms with Gasteiger partial charge in [0.15, 0.2) is 0 Å². The summed E-state index contributed by atoms with van der Waals surface area (Å²) in [7, 11) is 0. The summed E-state index contributed by atoms with van der Waals surface area (Å²) in [6, 6.07) is -2.33. The molecule has 0 aliphatic carbocycles. The molecule has 0 bridgehead atoms. The first-order valence-corrected chi connectivity index (χ1v) is 8.54. The number of thioether (sulfide) groups is 1. The Labute approximate surface area is 154 Å². The summed E-state index contributed by atoms with van der Waals surface area (Å²) < 4.78 is -0.984. The van der Waals surface area contributed by atoms with Gasteiger partial charge < -0.3 is 31.4 Å². The molecule has 0 saturated heterocycles. The highest BCUT2D eigenvalue weighted by atomic mass is 32.2. The Hall–Kier alpha value is -2.40. The van der Waals surface area contributed by atoms with E-state index in [-0.39, 0.29) is 18.6 Å². The van der Waals surface area contributed by atoms with Crippen LogP contribution in [-0.4, -0.2) is 69.4 Å². The SMILES string of the molecule is C=CC(C)(C=O)SC[C@H](NC(=O)CC[C@H](N)C(=O)O)C(=O)NCC(=O)O. The molecule has 0 fully saturated rings. The second kappa shape index (κ2) is 11.3. The summed E-state index contributed by atoms with van der Waals surface area (Å²) in [6.07, 6.45) is 1.65. The standard InChI is InChI=1S/C15H23N3O7S/c1-3-15(2,8-19)26-7-10(13(23)17-6-12(21)22)18-11(20)5-4-9(16)14(24)25/h3,8-10H,1,4-7,16H2,2H3,(H,17,23)(H,18,20)(H,21,22)(H,24,25)/t9-,10-,15?/m0/s1. The Morgan fingerprint density at radius 3 is 2.38 bits per heavy atom. The van der Waals surface area contributed by atoms with Crippen LogP contribution in [0.3, 0.4) is 0 Å². The summed E-state index contributed by atoms with van der Waals surface area (Å²) in [5, 5.41) is 21.9. The van der Waals surface area contributed by atoms with Gasteiger partial charge in [-0.05, 0) is 13.3 Å². The zero-order chi connectivity index (χ0) is 20.3. The van der Waals surface area contributed by atoms with E-state index >= 15 is 0 Å². The van der Waals surface area contributed by atoms with Crippen LogP contribution < -0.4 is 16.4 Å². The van der Waals surface area contributed by atoms with Crippen LogP contribution in [0.25, 0.3) is 0 Å². The van der Waals surface area contributed by atoms with Gasteiger partial charge in [-0.1, -0.05) is 6.08 Å². The van der Waals surface area contributed by atoms with Gasteiger partial charge in [0.25, 0.3) is 0 Å². The topological polar surface area (TPSA) is 176 Å². The highest BCUT2D eigenvalue weighted by Gasteiger charge is 2.27. The fourth-order valence-electron chi connectivity index (χ4n) is 1.55. The number of nitrogens with two attached hydrogens (primary N) is 1. The molecule has 11 heteroatoms. The van der Waals surface area contributed by atoms with Crippen LogP contribution in [0.1, 0.15) is 19.8 Å². The van der Waals surface area contributed by atoms with Gasteiger partial charge in [0.1, 0.15) is 24.9 Å². The molecule has 0 aromatic heterocycles. The quantitative estimate of drug-likeness (QED) is 0.190. The molecule has 0 saturated carbocycles. The Morgan fingerprint density at radius 1 is 1.31 bits per heavy atom. The highest BCUT2D eigenvalue weighted by molar-refractivity contribution is 8.01. The molecule has 0 rings (SSSR count). The van der Waals surface area contributed by atoms with Gasteiger partial charge >= 0.3 is 11.9 Å². The van der Waals surface area contributed by atoms with Crippen molar-refractivity contribution < 1.29 is 34.2 Å². The van der Waals surface area contributed by atoms with Crippen LogP contribution >= 0.6 is 11.8 Å². The number of rotatable bonds is 13. The Bertz CT molecular complexity index is 559. The Balaban J connectivity index is 4.90. The van der Waals surface area contributed by atoms with E-state index in [2.05, 4.69) is 17.2 Å². The molecule has 2 amide bonds. The van der Waals surface area contributed by atoms with E-state index in [0.717, 1.165) is 11.8 Å². The molecule has 0 aliphatic rings. The van der Waals surface area contributed by atoms with Crippen molar-refractivity contribution in [3.8, 4) is 0 Å². The third kappa shape index (κ3) is 9.18. The maximum atomic E-state index is 12.1. The molecule has 0 aromatic rings. The van der Waals surface area contributed by atoms with Crippen molar-refractivity contribution in [1.29, 1.82) is 0 Å². The number of carboxylic acids is 2. The lowest BCUT2D eigenvalue weighted by Gasteiger charge is -2.23. The molecular formula is C15H23N3O7S. The van der Waals surface area contributed by atoms with E-state index in [9.17, 15) is 24.0 Å². The minimum Gasteiger partial charge on any atom is -0.480 e. The number of amides is 2. The number of hydrogen-bond acceptors (Lipinski definition) is 7. The van der Waals surface area contributed by atoms with Crippen LogP contribution in [0.5, 0.6) is 0 Å². The fraction of sp³-hybridized carbons (Fsp3) is 0.533. The predicted octanol–water partition coefficient (Wildman–Crippen LogP) is -1.26. The van der Waals surface area contributed by atoms with Crippen molar-refractivity contribution in [3.63, 3.8) is 0 Å². The molecule has 6 N–H and O–H groups in total. The summed E-state index contributed by atoms with van der Waals surface area (Å²) in [6.45, 7) is 4.46. The van der Waals surface area contributed by atoms with Crippen molar-refractivity contribution in [2.75, 3.05) is 12.3 Å². The zero-order valence-electron chi connectivity index (χ0n) is 14.3. The number of aliphatic carboxylic acids is 2. The number of hydrogen-bond donors (Lipinski definition) is 5. The first kappa shape index (κ1) is 23.6. The monoisotopic (exact) mass is 389 g/mol. The third-order valence-electron chi connectivity index (χ3n) is 3.27. The van der Waals surface area contributed by atoms with E-state index in [1.54, 1.807) is 6.92 Å². The molecular weight excluding hydrogens is 366 g/mol. The maximum Gasteiger partial charge on any atom is 0.322 e. The number of carbonyl (C=O) groups is 5. The second-order valence-corrected chi connectivity index (χ2v) is 7.03. The normalized spacial score (nSPS) is 15.0. The first-order chi connectivity index (χ1) is 12.0. The van der Waals surface area contributed by atoms with Gasteiger partial charge in [0.05, 0.1) is 4.75 Å². The van der Waals surface area contributed by atoms with Gasteiger partial charge in [-0.15, -0.1) is 18.3 Å². The van der Waals surface area contributed by atoms with Gasteiger partial charge in [-0.3, -0.25) is 19.2 Å². The van der Waals surface area contributed by atoms with Crippen molar-refractivity contribution in [3.05, 3.63) is 12.7 Å². The minimum atomic E-state index is -1.26. The summed E-state index contributed by atoms with van der Waals surface area (Å²) in [5.41, 5.74) is 5.31. The van der Waals surface area contributed by atoms with Crippen molar-refractivity contribution in [1.82, 2.24) is 10.6 Å². The Kier molecular flexibility index (Phi) is 10.2. The van der Waals surface area contributed by atoms with Gasteiger partial charge in [-0.25, -0.2) is 0 Å². The second-order valence-electron chi connectivity index (χ2n) is 5.53. The van der Waals surface area contributed by atoms with E-state index in [1.807, 2.05) is 0 Å². The van der Waals surface area contributed by atoms with E-state index < -0.39 is 47.1 Å². The molecule has 0 radical (unpaired) electrons. The van der Waals surface area contributed by atoms with Gasteiger partial charge in [0, 0.05) is 12.2 Å². The van der Waals surface area contributed by atoms with Crippen LogP contribution in [0, 0.1) is 0 Å². The van der Waals surface area contributed by atoms with E-state index in [0.29, 0.717) is 6.29 Å². The summed E-state index contributed by atoms with van der Waals surface area (Å²) in [4.78, 5) is 56.3. The van der Waals surface area contributed by atoms with Crippen molar-refractivity contribution in [2.45, 2.75) is 36.6 Å². The molecule has 3 atom stereocenters. The predicted molar refractivity (Wildman–Crippen MR) is 94.5 cm³/mol. The fourth-order valence-corrected chi connectivity index (χ4v) is 2.50. The van der Waals surface area contributed by atoms with Crippen molar-refractivity contribution >= 4 is 41.8 Å². The third-order valence-corrected chi connectivity index (χ3v) is 4.65. The summed E-state index contributed by atoms with van der Waals surface area (Å²) >= 11 is 1.04. The molecule has 1 unspecified atom stereocenters. The average Bonchev–Trinajstić information content (AvgIpc) is 2.60. The van der Waals surface area contributed by atoms with Gasteiger partial charge in [-0.2, -0.15) is 0 Å². The van der Waals surface area contributed by atoms with Crippen LogP contribution in [0.15, 0.2) is 12.7 Å². The maximum absolute atomic E-state index is 12.1. The Morgan fingerprint density at radius 2 is 1.92 bits per heavy atom. The number of carbonyl (C=O) groups excluding carboxylic acids is 3. The average molecular weight is 389 g/mol. The molecule has 0 spiro atoms. The van der Waals surface area contributed by atoms with E-state index in [1.165, 1.54) is 6.08 Å². The number of nitrogens with one attached hydrogen (secondary N) is 2. The van der Waals surface area contributed by atoms with Crippen LogP contribution in [0.4, 0.5) is 0 Å². The molecule has 26 heavy (non-hydrogen) atoms. The van der Waals surface area contributed by atoms with Crippen LogP contribution in [0.2, 0.25) is 0 Å². The summed E-state index contributed by atoms with van der Waals surface area (Å²) in [5.74, 6) is -3.90. The largest absolute Gasteiger partial charge is 0.480 e. The number of aldehydes is 1. The first-order valence-electron chi connectivity index (χ1n) is 7.55. The van der Waals surface area contributed by atoms with E-state index in [4.69, 9.17) is 15.9 Å². The number of carboxylic acid groups (broad SMARTS) is 2. The smallest absolute Gasteiger partial charge is 0.322 e. The lowest BCUT2D eigenvalue weighted by Crippen LogP contribution is -2.50. The molecule has 0 aromatic carbocycles. The van der Waals surface area contributed by atoms with Crippen LogP contribution in [-0.2, 0) is 24.0 Å². The van der Waals surface area contributed by atoms with Gasteiger partial charge in [0.2, 0.25) is 11.8 Å². The van der Waals surface area contributed by atoms with Crippen molar-refractivity contribution in [2.24, 2.45) is 5.73 Å². The lowest BCUT2D eigenvalue weighted by molar-refractivity contribution is -0.139. The molecule has 0 heterocycles. The zero-order valence-corrected chi connectivity index (χ0v) is 15.1. The molecule has 0 aliphatic heterocycles.